The molecule has 12 heteroatoms. The molecule has 1 aliphatic carbocycles. The van der Waals surface area contributed by atoms with Crippen LogP contribution in [0.3, 0.4) is 0 Å². The van der Waals surface area contributed by atoms with Crippen molar-refractivity contribution in [1.82, 2.24) is 14.9 Å². The minimum Gasteiger partial charge on any atom is -0.454 e. The van der Waals surface area contributed by atoms with Gasteiger partial charge in [0.2, 0.25) is 22.7 Å². The lowest BCUT2D eigenvalue weighted by Gasteiger charge is -2.33. The fourth-order valence-corrected chi connectivity index (χ4v) is 7.55. The maximum atomic E-state index is 14.0. The first kappa shape index (κ1) is 34.2. The molecule has 3 aromatic carbocycles. The van der Waals surface area contributed by atoms with Gasteiger partial charge in [-0.15, -0.1) is 0 Å². The molecule has 2 amide bonds. The highest BCUT2D eigenvalue weighted by Crippen LogP contribution is 2.54. The van der Waals surface area contributed by atoms with E-state index in [2.05, 4.69) is 10.6 Å². The van der Waals surface area contributed by atoms with Gasteiger partial charge < -0.3 is 30.0 Å². The molecule has 1 heterocycles. The molecule has 2 aliphatic rings. The predicted molar refractivity (Wildman–Crippen MR) is 175 cm³/mol. The Morgan fingerprint density at radius 3 is 2.28 bits per heavy atom. The van der Waals surface area contributed by atoms with Gasteiger partial charge >= 0.3 is 6.09 Å². The van der Waals surface area contributed by atoms with Gasteiger partial charge in [0.15, 0.2) is 11.5 Å². The van der Waals surface area contributed by atoms with Crippen molar-refractivity contribution in [3.8, 4) is 11.5 Å². The Bertz CT molecular complexity index is 1650. The number of alkyl carbamates (subject to hydrolysis) is 1. The molecule has 1 fully saturated rings. The third kappa shape index (κ3) is 7.89. The second kappa shape index (κ2) is 14.3. The quantitative estimate of drug-likeness (QED) is 0.230. The van der Waals surface area contributed by atoms with Gasteiger partial charge in [0, 0.05) is 25.1 Å². The number of hydrogen-bond donors (Lipinski definition) is 3. The van der Waals surface area contributed by atoms with Crippen LogP contribution in [0.1, 0.15) is 51.2 Å². The molecule has 1 aliphatic heterocycles. The van der Waals surface area contributed by atoms with Gasteiger partial charge in [-0.1, -0.05) is 88.4 Å². The number of aliphatic hydroxyl groups excluding tert-OH is 1. The fraction of sp³-hybridized carbons (Fsp3) is 0.429. The van der Waals surface area contributed by atoms with Crippen molar-refractivity contribution in [2.24, 2.45) is 11.8 Å². The molecule has 0 aromatic heterocycles. The van der Waals surface area contributed by atoms with Crippen molar-refractivity contribution in [3.63, 3.8) is 0 Å². The Hall–Kier alpha value is -4.13. The molecule has 0 spiro atoms. The van der Waals surface area contributed by atoms with E-state index in [1.54, 1.807) is 19.9 Å². The maximum Gasteiger partial charge on any atom is 0.408 e. The summed E-state index contributed by atoms with van der Waals surface area (Å²) in [7, 11) is -4.08. The first-order chi connectivity index (χ1) is 22.4. The maximum absolute atomic E-state index is 14.0. The molecule has 0 bridgehead atoms. The highest BCUT2D eigenvalue weighted by Gasteiger charge is 2.61. The standard InChI is InChI=1S/C35H43N3O8S/c1-23(2)19-38(47(42,43)27-15-16-29-30(17-27)46-22-45-29)20-31(39)35(18-28(35)26-13-9-6-10-14-26)37-33(40)32(24(3)4)36-34(41)44-21-25-11-7-5-8-12-25/h5-17,23-24,28,31-32,39H,18-22H2,1-4H3,(H,36,41)(H,37,40)/t28?,31-,32+,35?/m1/s1. The molecule has 252 valence electrons. The molecule has 3 aromatic rings. The third-order valence-electron chi connectivity index (χ3n) is 8.52. The Kier molecular flexibility index (Phi) is 10.4. The smallest absolute Gasteiger partial charge is 0.408 e. The van der Waals surface area contributed by atoms with Crippen molar-refractivity contribution >= 4 is 22.0 Å². The molecule has 4 atom stereocenters. The molecule has 5 rings (SSSR count). The van der Waals surface area contributed by atoms with Crippen molar-refractivity contribution in [2.45, 2.75) is 69.2 Å². The number of nitrogens with one attached hydrogen (secondary N) is 2. The summed E-state index contributed by atoms with van der Waals surface area (Å²) in [6.07, 6.45) is -1.64. The first-order valence-corrected chi connectivity index (χ1v) is 17.3. The number of carbonyl (C=O) groups is 2. The lowest BCUT2D eigenvalue weighted by atomic mass is 9.98. The predicted octanol–water partition coefficient (Wildman–Crippen LogP) is 4.42. The minimum atomic E-state index is -4.08. The normalized spacial score (nSPS) is 19.8. The van der Waals surface area contributed by atoms with Crippen LogP contribution in [0.15, 0.2) is 83.8 Å². The summed E-state index contributed by atoms with van der Waals surface area (Å²) in [6, 6.07) is 22.1. The average Bonchev–Trinajstić information content (AvgIpc) is 3.58. The number of sulfonamides is 1. The van der Waals surface area contributed by atoms with E-state index >= 15 is 0 Å². The number of carbonyl (C=O) groups excluding carboxylic acids is 2. The van der Waals surface area contributed by atoms with Crippen LogP contribution in [-0.2, 0) is 26.2 Å². The van der Waals surface area contributed by atoms with Crippen molar-refractivity contribution in [1.29, 1.82) is 0 Å². The van der Waals surface area contributed by atoms with Crippen LogP contribution in [-0.4, -0.2) is 67.4 Å². The minimum absolute atomic E-state index is 0.00727. The molecule has 0 saturated heterocycles. The Balaban J connectivity index is 1.37. The second-order valence-electron chi connectivity index (χ2n) is 12.9. The topological polar surface area (TPSA) is 143 Å². The molecule has 11 nitrogen and oxygen atoms in total. The van der Waals surface area contributed by atoms with E-state index in [1.165, 1.54) is 16.4 Å². The molecule has 47 heavy (non-hydrogen) atoms. The number of benzene rings is 3. The van der Waals surface area contributed by atoms with Gasteiger partial charge in [-0.3, -0.25) is 4.79 Å². The van der Waals surface area contributed by atoms with E-state index in [-0.39, 0.29) is 49.1 Å². The number of rotatable bonds is 14. The van der Waals surface area contributed by atoms with E-state index in [9.17, 15) is 23.1 Å². The summed E-state index contributed by atoms with van der Waals surface area (Å²) in [4.78, 5) is 26.6. The van der Waals surface area contributed by atoms with Crippen molar-refractivity contribution in [3.05, 3.63) is 90.0 Å². The lowest BCUT2D eigenvalue weighted by Crippen LogP contribution is -2.58. The van der Waals surface area contributed by atoms with E-state index < -0.39 is 39.7 Å². The van der Waals surface area contributed by atoms with E-state index in [0.29, 0.717) is 17.9 Å². The van der Waals surface area contributed by atoms with Crippen LogP contribution < -0.4 is 20.1 Å². The summed E-state index contributed by atoms with van der Waals surface area (Å²) in [6.45, 7) is 7.31. The molecule has 1 saturated carbocycles. The number of fused-ring (bicyclic) bond motifs is 1. The van der Waals surface area contributed by atoms with Gasteiger partial charge in [0.1, 0.15) is 12.6 Å². The van der Waals surface area contributed by atoms with Crippen molar-refractivity contribution in [2.75, 3.05) is 19.9 Å². The summed E-state index contributed by atoms with van der Waals surface area (Å²) in [5.41, 5.74) is 0.527. The van der Waals surface area contributed by atoms with Gasteiger partial charge in [0.25, 0.3) is 0 Å². The Morgan fingerprint density at radius 1 is 0.957 bits per heavy atom. The largest absolute Gasteiger partial charge is 0.454 e. The van der Waals surface area contributed by atoms with E-state index in [4.69, 9.17) is 14.2 Å². The molecular formula is C35H43N3O8S. The van der Waals surface area contributed by atoms with Crippen molar-refractivity contribution < 1.29 is 37.3 Å². The molecule has 2 unspecified atom stereocenters. The zero-order valence-corrected chi connectivity index (χ0v) is 27.9. The van der Waals surface area contributed by atoms with Crippen LogP contribution in [0.25, 0.3) is 0 Å². The van der Waals surface area contributed by atoms with Crippen LogP contribution in [0, 0.1) is 11.8 Å². The number of nitrogens with zero attached hydrogens (tertiary/aromatic N) is 1. The van der Waals surface area contributed by atoms with E-state index in [0.717, 1.165) is 11.1 Å². The van der Waals surface area contributed by atoms with Gasteiger partial charge in [-0.2, -0.15) is 4.31 Å². The third-order valence-corrected chi connectivity index (χ3v) is 10.3. The fourth-order valence-electron chi connectivity index (χ4n) is 5.92. The van der Waals surface area contributed by atoms with Gasteiger partial charge in [0.05, 0.1) is 16.5 Å². The highest BCUT2D eigenvalue weighted by molar-refractivity contribution is 7.89. The number of hydrogen-bond acceptors (Lipinski definition) is 8. The Morgan fingerprint density at radius 2 is 1.62 bits per heavy atom. The lowest BCUT2D eigenvalue weighted by molar-refractivity contribution is -0.126. The summed E-state index contributed by atoms with van der Waals surface area (Å²) < 4.78 is 45.3. The molecule has 3 N–H and O–H groups in total. The van der Waals surface area contributed by atoms with E-state index in [1.807, 2.05) is 74.5 Å². The average molecular weight is 666 g/mol. The van der Waals surface area contributed by atoms with Crippen LogP contribution in [0.4, 0.5) is 4.79 Å². The summed E-state index contributed by atoms with van der Waals surface area (Å²) in [5, 5.41) is 17.6. The second-order valence-corrected chi connectivity index (χ2v) is 14.8. The highest BCUT2D eigenvalue weighted by atomic mass is 32.2. The van der Waals surface area contributed by atoms with Gasteiger partial charge in [-0.05, 0) is 41.5 Å². The Labute approximate surface area is 276 Å². The van der Waals surface area contributed by atoms with Crippen LogP contribution >= 0.6 is 0 Å². The van der Waals surface area contributed by atoms with Crippen LogP contribution in [0.5, 0.6) is 11.5 Å². The SMILES string of the molecule is CC(C)CN(C[C@@H](O)C1(NC(=O)[C@@H](NC(=O)OCc2ccccc2)C(C)C)CC1c1ccccc1)S(=O)(=O)c1ccc2c(c1)OCO2. The molecular weight excluding hydrogens is 622 g/mol. The number of ether oxygens (including phenoxy) is 3. The van der Waals surface area contributed by atoms with Gasteiger partial charge in [-0.25, -0.2) is 13.2 Å². The molecule has 0 radical (unpaired) electrons. The monoisotopic (exact) mass is 665 g/mol. The zero-order valence-electron chi connectivity index (χ0n) is 27.1. The summed E-state index contributed by atoms with van der Waals surface area (Å²) >= 11 is 0. The number of aliphatic hydroxyl groups is 1. The summed E-state index contributed by atoms with van der Waals surface area (Å²) in [5.74, 6) is -0.358. The zero-order chi connectivity index (χ0) is 33.8. The first-order valence-electron chi connectivity index (χ1n) is 15.8. The number of amides is 2. The van der Waals surface area contributed by atoms with Crippen LogP contribution in [0.2, 0.25) is 0 Å².